The zero-order valence-electron chi connectivity index (χ0n) is 17.9. The van der Waals surface area contributed by atoms with E-state index in [1.807, 2.05) is 0 Å². The van der Waals surface area contributed by atoms with Crippen LogP contribution in [0.1, 0.15) is 40.5 Å². The quantitative estimate of drug-likeness (QED) is 0.276. The highest BCUT2D eigenvalue weighted by molar-refractivity contribution is 7.74. The van der Waals surface area contributed by atoms with Crippen LogP contribution in [0.4, 0.5) is 0 Å². The molecule has 0 N–H and O–H groups in total. The van der Waals surface area contributed by atoms with Crippen molar-refractivity contribution in [2.45, 2.75) is 65.1 Å². The second-order valence-electron chi connectivity index (χ2n) is 7.64. The van der Waals surface area contributed by atoms with Crippen LogP contribution in [0.15, 0.2) is 23.4 Å². The monoisotopic (exact) mass is 438 g/mol. The van der Waals surface area contributed by atoms with Gasteiger partial charge in [0.25, 0.3) is 0 Å². The summed E-state index contributed by atoms with van der Waals surface area (Å²) in [4.78, 5) is -1.40. The molecule has 0 aromatic heterocycles. The summed E-state index contributed by atoms with van der Waals surface area (Å²) < 4.78 is 50.6. The molecule has 0 bridgehead atoms. The summed E-state index contributed by atoms with van der Waals surface area (Å²) in [6.45, 7) is 18.5. The van der Waals surface area contributed by atoms with Crippen LogP contribution in [0, 0.1) is 0 Å². The molecule has 1 rings (SSSR count). The first-order chi connectivity index (χ1) is 12.4. The highest BCUT2D eigenvalue weighted by Crippen LogP contribution is 2.83. The van der Waals surface area contributed by atoms with Gasteiger partial charge in [0.1, 0.15) is 0 Å². The summed E-state index contributed by atoms with van der Waals surface area (Å²) in [6, 6.07) is 0. The van der Waals surface area contributed by atoms with E-state index in [2.05, 4.69) is 31.9 Å². The van der Waals surface area contributed by atoms with E-state index in [9.17, 15) is 9.13 Å². The number of allylic oxidation sites excluding steroid dienone is 2. The minimum atomic E-state index is -3.82. The minimum Gasteiger partial charge on any atom is -0.308 e. The van der Waals surface area contributed by atoms with Crippen LogP contribution in [0.3, 0.4) is 0 Å². The van der Waals surface area contributed by atoms with Crippen LogP contribution in [-0.2, 0) is 27.2 Å². The van der Waals surface area contributed by atoms with Gasteiger partial charge in [-0.2, -0.15) is 0 Å². The second kappa shape index (κ2) is 9.66. The maximum absolute atomic E-state index is 14.0. The Labute approximate surface area is 165 Å². The van der Waals surface area contributed by atoms with Gasteiger partial charge in [0.15, 0.2) is 4.90 Å². The molecule has 0 unspecified atom stereocenters. The summed E-state index contributed by atoms with van der Waals surface area (Å²) in [5.41, 5.74) is 3.98. The van der Waals surface area contributed by atoms with Crippen molar-refractivity contribution in [3.8, 4) is 0 Å². The Balaban J connectivity index is 3.69. The number of hydrogen-bond acceptors (Lipinski definition) is 6. The Kier molecular flexibility index (Phi) is 8.96. The number of rotatable bonds is 11. The largest absolute Gasteiger partial charge is 0.349 e. The van der Waals surface area contributed by atoms with E-state index >= 15 is 0 Å². The van der Waals surface area contributed by atoms with Crippen molar-refractivity contribution in [3.05, 3.63) is 23.4 Å². The molecule has 0 saturated heterocycles. The zero-order valence-corrected chi connectivity index (χ0v) is 20.7. The third-order valence-corrected chi connectivity index (χ3v) is 12.0. The van der Waals surface area contributed by atoms with Crippen molar-refractivity contribution >= 4 is 23.3 Å². The average Bonchev–Trinajstić information content (AvgIpc) is 2.85. The van der Waals surface area contributed by atoms with Crippen LogP contribution in [0.25, 0.3) is 0 Å². The Morgan fingerprint density at radius 3 is 1.56 bits per heavy atom. The van der Waals surface area contributed by atoms with Crippen molar-refractivity contribution in [1.29, 1.82) is 0 Å². The van der Waals surface area contributed by atoms with E-state index in [0.29, 0.717) is 0 Å². The van der Waals surface area contributed by atoms with Gasteiger partial charge >= 0.3 is 15.2 Å². The molecule has 0 aliphatic heterocycles. The van der Waals surface area contributed by atoms with E-state index < -0.39 is 28.2 Å². The first-order valence-electron chi connectivity index (χ1n) is 9.62. The predicted molar refractivity (Wildman–Crippen MR) is 114 cm³/mol. The number of hydrogen-bond donors (Lipinski definition) is 0. The first kappa shape index (κ1) is 25.0. The van der Waals surface area contributed by atoms with Crippen LogP contribution in [0.5, 0.6) is 0 Å². The Hall–Kier alpha value is -0.00312. The highest BCUT2D eigenvalue weighted by Gasteiger charge is 2.67. The maximum atomic E-state index is 14.0. The summed E-state index contributed by atoms with van der Waals surface area (Å²) in [5, 5.41) is 0. The van der Waals surface area contributed by atoms with Crippen molar-refractivity contribution in [3.63, 3.8) is 0 Å². The van der Waals surface area contributed by atoms with E-state index in [0.717, 1.165) is 11.1 Å². The molecule has 0 heterocycles. The topological polar surface area (TPSA) is 71.1 Å². The Morgan fingerprint density at radius 1 is 0.889 bits per heavy atom. The second-order valence-corrected chi connectivity index (χ2v) is 17.7. The average molecular weight is 439 g/mol. The van der Waals surface area contributed by atoms with Gasteiger partial charge in [-0.3, -0.25) is 9.13 Å². The Bertz CT molecular complexity index is 603. The van der Waals surface area contributed by atoms with Crippen LogP contribution < -0.4 is 0 Å². The minimum absolute atomic E-state index is 0.177. The highest BCUT2D eigenvalue weighted by atomic mass is 31.2. The molecule has 0 aromatic rings. The lowest BCUT2D eigenvalue weighted by Crippen LogP contribution is -2.30. The van der Waals surface area contributed by atoms with E-state index in [-0.39, 0.29) is 39.3 Å². The maximum Gasteiger partial charge on any atom is 0.349 e. The zero-order chi connectivity index (χ0) is 20.9. The molecule has 1 saturated carbocycles. The fraction of sp³-hybridized carbons (Fsp3) is 0.778. The fourth-order valence-electron chi connectivity index (χ4n) is 3.40. The standard InChI is InChI=1S/C18H36O6P2Si/c1-9-21-25(19,22-10-2)18(26(20,23-11-3)24-12-4)13-16(5)17(14-18)15-27(6,7)8/h15H,5,9-14H2,1-4,6-8H3/b17-15-. The van der Waals surface area contributed by atoms with Crippen molar-refractivity contribution < 1.29 is 27.2 Å². The molecule has 1 aliphatic rings. The van der Waals surface area contributed by atoms with Crippen LogP contribution in [-0.4, -0.2) is 39.4 Å². The fourth-order valence-corrected chi connectivity index (χ4v) is 10.6. The molecule has 0 spiro atoms. The SMILES string of the molecule is C=C1CC(P(=O)(OCC)OCC)(P(=O)(OCC)OCC)C/C1=C/[Si](C)(C)C. The van der Waals surface area contributed by atoms with Gasteiger partial charge in [-0.1, -0.05) is 43.1 Å². The van der Waals surface area contributed by atoms with Crippen LogP contribution >= 0.6 is 15.2 Å². The van der Waals surface area contributed by atoms with Crippen LogP contribution in [0.2, 0.25) is 19.6 Å². The lowest BCUT2D eigenvalue weighted by molar-refractivity contribution is 0.178. The predicted octanol–water partition coefficient (Wildman–Crippen LogP) is 6.37. The molecule has 0 radical (unpaired) electrons. The third kappa shape index (κ3) is 5.33. The van der Waals surface area contributed by atoms with Gasteiger partial charge in [-0.25, -0.2) is 0 Å². The van der Waals surface area contributed by atoms with E-state index in [1.54, 1.807) is 27.7 Å². The summed E-state index contributed by atoms with van der Waals surface area (Å²) >= 11 is 0. The van der Waals surface area contributed by atoms with Gasteiger partial charge in [-0.05, 0) is 27.7 Å². The van der Waals surface area contributed by atoms with E-state index in [1.165, 1.54) is 0 Å². The lowest BCUT2D eigenvalue weighted by Gasteiger charge is -2.39. The molecular weight excluding hydrogens is 402 g/mol. The molecule has 1 aliphatic carbocycles. The summed E-state index contributed by atoms with van der Waals surface area (Å²) in [6.07, 6.45) is 0.461. The van der Waals surface area contributed by atoms with Crippen molar-refractivity contribution in [1.82, 2.24) is 0 Å². The molecular formula is C18H36O6P2Si. The van der Waals surface area contributed by atoms with Gasteiger partial charge in [-0.15, -0.1) is 0 Å². The molecule has 27 heavy (non-hydrogen) atoms. The third-order valence-electron chi connectivity index (χ3n) is 4.25. The van der Waals surface area contributed by atoms with Gasteiger partial charge in [0.05, 0.1) is 34.5 Å². The smallest absolute Gasteiger partial charge is 0.308 e. The van der Waals surface area contributed by atoms with Crippen molar-refractivity contribution in [2.75, 3.05) is 26.4 Å². The molecule has 9 heteroatoms. The van der Waals surface area contributed by atoms with E-state index in [4.69, 9.17) is 18.1 Å². The molecule has 0 atom stereocenters. The molecule has 6 nitrogen and oxygen atoms in total. The molecule has 1 fully saturated rings. The van der Waals surface area contributed by atoms with Gasteiger partial charge in [0.2, 0.25) is 0 Å². The normalized spacial score (nSPS) is 19.8. The van der Waals surface area contributed by atoms with Crippen molar-refractivity contribution in [2.24, 2.45) is 0 Å². The molecule has 0 amide bonds. The summed E-state index contributed by atoms with van der Waals surface area (Å²) in [7, 11) is -9.22. The van der Waals surface area contributed by atoms with Gasteiger partial charge in [0, 0.05) is 12.8 Å². The van der Waals surface area contributed by atoms with Gasteiger partial charge < -0.3 is 18.1 Å². The summed E-state index contributed by atoms with van der Waals surface area (Å²) in [5.74, 6) is 0. The molecule has 158 valence electrons. The Morgan fingerprint density at radius 2 is 1.26 bits per heavy atom. The molecule has 0 aromatic carbocycles. The first-order valence-corrected chi connectivity index (χ1v) is 16.3. The lowest BCUT2D eigenvalue weighted by atomic mass is 10.2.